The lowest BCUT2D eigenvalue weighted by molar-refractivity contribution is -0.125. The largest absolute Gasteiger partial charge is 0.490 e. The number of carbonyl (C=O) groups excluding carboxylic acids is 1. The van der Waals surface area contributed by atoms with E-state index in [1.54, 1.807) is 0 Å². The van der Waals surface area contributed by atoms with Gasteiger partial charge in [0, 0.05) is 19.6 Å². The summed E-state index contributed by atoms with van der Waals surface area (Å²) in [5.74, 6) is 1.52. The van der Waals surface area contributed by atoms with E-state index in [0.29, 0.717) is 32.3 Å². The molecule has 170 valence electrons. The average Bonchev–Trinajstić information content (AvgIpc) is 3.25. The first-order valence-corrected chi connectivity index (χ1v) is 11.4. The lowest BCUT2D eigenvalue weighted by Crippen LogP contribution is -2.43. The molecule has 0 aliphatic carbocycles. The number of aromatic nitrogens is 1. The van der Waals surface area contributed by atoms with E-state index in [9.17, 15) is 4.79 Å². The average molecular weight is 438 g/mol. The molecule has 7 heteroatoms. The Morgan fingerprint density at radius 3 is 2.78 bits per heavy atom. The molecule has 0 bridgehead atoms. The number of nitrogens with zero attached hydrogens (tertiary/aromatic N) is 2. The highest BCUT2D eigenvalue weighted by Crippen LogP contribution is 2.29. The van der Waals surface area contributed by atoms with Crippen LogP contribution in [0.25, 0.3) is 11.1 Å². The Hall–Kier alpha value is -3.22. The van der Waals surface area contributed by atoms with E-state index in [2.05, 4.69) is 15.2 Å². The maximum Gasteiger partial charge on any atom is 0.298 e. The number of hydrogen-bond acceptors (Lipinski definition) is 6. The van der Waals surface area contributed by atoms with Crippen molar-refractivity contribution in [2.24, 2.45) is 5.92 Å². The molecule has 7 nitrogen and oxygen atoms in total. The zero-order valence-corrected chi connectivity index (χ0v) is 18.8. The Bertz CT molecular complexity index is 1020. The van der Waals surface area contributed by atoms with E-state index < -0.39 is 0 Å². The first kappa shape index (κ1) is 22.0. The number of piperidine rings is 1. The van der Waals surface area contributed by atoms with E-state index in [1.165, 1.54) is 0 Å². The Morgan fingerprint density at radius 2 is 1.97 bits per heavy atom. The summed E-state index contributed by atoms with van der Waals surface area (Å²) in [6.45, 7) is 7.14. The van der Waals surface area contributed by atoms with Crippen molar-refractivity contribution < 1.29 is 18.7 Å². The maximum atomic E-state index is 12.8. The summed E-state index contributed by atoms with van der Waals surface area (Å²) in [5.41, 5.74) is 2.72. The molecule has 0 unspecified atom stereocenters. The number of carbonyl (C=O) groups is 1. The van der Waals surface area contributed by atoms with Crippen molar-refractivity contribution in [2.75, 3.05) is 37.7 Å². The lowest BCUT2D eigenvalue weighted by atomic mass is 9.97. The number of hydrogen-bond donors (Lipinski definition) is 1. The van der Waals surface area contributed by atoms with E-state index in [4.69, 9.17) is 13.9 Å². The van der Waals surface area contributed by atoms with E-state index in [1.807, 2.05) is 56.3 Å². The highest BCUT2D eigenvalue weighted by Gasteiger charge is 2.28. The van der Waals surface area contributed by atoms with Crippen molar-refractivity contribution in [3.8, 4) is 11.5 Å². The minimum atomic E-state index is -0.0712. The predicted molar refractivity (Wildman–Crippen MR) is 124 cm³/mol. The third-order valence-corrected chi connectivity index (χ3v) is 5.67. The number of nitrogens with one attached hydrogen (secondary N) is 1. The molecule has 2 heterocycles. The molecule has 1 aromatic heterocycles. The lowest BCUT2D eigenvalue weighted by Gasteiger charge is -2.30. The van der Waals surface area contributed by atoms with Gasteiger partial charge in [-0.2, -0.15) is 4.98 Å². The van der Waals surface area contributed by atoms with Crippen LogP contribution >= 0.6 is 0 Å². The molecule has 32 heavy (non-hydrogen) atoms. The van der Waals surface area contributed by atoms with Gasteiger partial charge in [0.2, 0.25) is 5.91 Å². The van der Waals surface area contributed by atoms with Crippen molar-refractivity contribution in [1.29, 1.82) is 0 Å². The van der Waals surface area contributed by atoms with Crippen LogP contribution in [0.1, 0.15) is 32.3 Å². The monoisotopic (exact) mass is 437 g/mol. The zero-order chi connectivity index (χ0) is 22.3. The van der Waals surface area contributed by atoms with Gasteiger partial charge in [0.1, 0.15) is 5.52 Å². The third kappa shape index (κ3) is 5.15. The number of rotatable bonds is 9. The summed E-state index contributed by atoms with van der Waals surface area (Å²) in [5, 5.41) is 3.10. The minimum absolute atomic E-state index is 0.0712. The molecule has 1 fully saturated rings. The van der Waals surface area contributed by atoms with Crippen LogP contribution in [0.5, 0.6) is 11.5 Å². The standard InChI is InChI=1S/C25H31N3O4/c1-3-30-22-12-11-18(16-23(22)31-4-2)13-14-26-24(29)19-8-7-15-28(17-19)25-27-20-9-5-6-10-21(20)32-25/h5-6,9-12,16,19H,3-4,7-8,13-15,17H2,1-2H3,(H,26,29)/t19-/m1/s1. The Kier molecular flexibility index (Phi) is 7.14. The van der Waals surface area contributed by atoms with Crippen LogP contribution in [0.4, 0.5) is 6.01 Å². The summed E-state index contributed by atoms with van der Waals surface area (Å²) in [4.78, 5) is 19.5. The van der Waals surface area contributed by atoms with Gasteiger partial charge in [-0.1, -0.05) is 18.2 Å². The molecule has 1 saturated heterocycles. The molecule has 1 amide bonds. The molecule has 3 aromatic rings. The first-order chi connectivity index (χ1) is 15.7. The van der Waals surface area contributed by atoms with E-state index >= 15 is 0 Å². The van der Waals surface area contributed by atoms with Crippen molar-refractivity contribution >= 4 is 23.0 Å². The summed E-state index contributed by atoms with van der Waals surface area (Å²) < 4.78 is 17.2. The van der Waals surface area contributed by atoms with Gasteiger partial charge >= 0.3 is 0 Å². The van der Waals surface area contributed by atoms with Gasteiger partial charge in [-0.05, 0) is 62.9 Å². The van der Waals surface area contributed by atoms with E-state index in [-0.39, 0.29) is 11.8 Å². The number of benzene rings is 2. The molecule has 1 aliphatic rings. The van der Waals surface area contributed by atoms with Crippen LogP contribution in [0.2, 0.25) is 0 Å². The smallest absolute Gasteiger partial charge is 0.298 e. The molecular weight excluding hydrogens is 406 g/mol. The third-order valence-electron chi connectivity index (χ3n) is 5.67. The van der Waals surface area contributed by atoms with E-state index in [0.717, 1.165) is 54.0 Å². The molecule has 0 spiro atoms. The number of para-hydroxylation sites is 2. The summed E-state index contributed by atoms with van der Waals surface area (Å²) in [6, 6.07) is 14.3. The Morgan fingerprint density at radius 1 is 1.16 bits per heavy atom. The highest BCUT2D eigenvalue weighted by atomic mass is 16.5. The second-order valence-electron chi connectivity index (χ2n) is 7.94. The van der Waals surface area contributed by atoms with Crippen LogP contribution in [0.3, 0.4) is 0 Å². The van der Waals surface area contributed by atoms with Gasteiger partial charge in [0.25, 0.3) is 6.01 Å². The van der Waals surface area contributed by atoms with Crippen molar-refractivity contribution in [2.45, 2.75) is 33.1 Å². The second kappa shape index (κ2) is 10.4. The van der Waals surface area contributed by atoms with Crippen molar-refractivity contribution in [3.63, 3.8) is 0 Å². The minimum Gasteiger partial charge on any atom is -0.490 e. The second-order valence-corrected chi connectivity index (χ2v) is 7.94. The molecule has 4 rings (SSSR count). The SMILES string of the molecule is CCOc1ccc(CCNC(=O)[C@@H]2CCCN(c3nc4ccccc4o3)C2)cc1OCC. The predicted octanol–water partition coefficient (Wildman–Crippen LogP) is 4.20. The quantitative estimate of drug-likeness (QED) is 0.541. The number of fused-ring (bicyclic) bond motifs is 1. The van der Waals surface area contributed by atoms with Gasteiger partial charge in [0.05, 0.1) is 19.1 Å². The van der Waals surface area contributed by atoms with Crippen LogP contribution in [0, 0.1) is 5.92 Å². The summed E-state index contributed by atoms with van der Waals surface area (Å²) in [7, 11) is 0. The topological polar surface area (TPSA) is 76.8 Å². The Labute approximate surface area is 188 Å². The van der Waals surface area contributed by atoms with Gasteiger partial charge < -0.3 is 24.1 Å². The summed E-state index contributed by atoms with van der Waals surface area (Å²) >= 11 is 0. The normalized spacial score (nSPS) is 16.2. The van der Waals surface area contributed by atoms with Gasteiger partial charge in [-0.15, -0.1) is 0 Å². The number of anilines is 1. The van der Waals surface area contributed by atoms with Crippen LogP contribution < -0.4 is 19.7 Å². The van der Waals surface area contributed by atoms with Gasteiger partial charge in [0.15, 0.2) is 17.1 Å². The fraction of sp³-hybridized carbons (Fsp3) is 0.440. The molecule has 2 aromatic carbocycles. The molecule has 1 aliphatic heterocycles. The van der Waals surface area contributed by atoms with Crippen molar-refractivity contribution in [3.05, 3.63) is 48.0 Å². The molecule has 1 N–H and O–H groups in total. The van der Waals surface area contributed by atoms with Crippen molar-refractivity contribution in [1.82, 2.24) is 10.3 Å². The number of amides is 1. The first-order valence-electron chi connectivity index (χ1n) is 11.4. The molecule has 0 radical (unpaired) electrons. The number of oxazole rings is 1. The fourth-order valence-electron chi connectivity index (χ4n) is 4.09. The highest BCUT2D eigenvalue weighted by molar-refractivity contribution is 5.80. The fourth-order valence-corrected chi connectivity index (χ4v) is 4.09. The molecule has 0 saturated carbocycles. The van der Waals surface area contributed by atoms with Crippen LogP contribution in [-0.2, 0) is 11.2 Å². The summed E-state index contributed by atoms with van der Waals surface area (Å²) in [6.07, 6.45) is 2.55. The van der Waals surface area contributed by atoms with Gasteiger partial charge in [-0.25, -0.2) is 0 Å². The Balaban J connectivity index is 1.31. The van der Waals surface area contributed by atoms with Crippen LogP contribution in [0.15, 0.2) is 46.9 Å². The maximum absolute atomic E-state index is 12.8. The molecular formula is C25H31N3O4. The van der Waals surface area contributed by atoms with Crippen LogP contribution in [-0.4, -0.2) is 43.7 Å². The van der Waals surface area contributed by atoms with Gasteiger partial charge in [-0.3, -0.25) is 4.79 Å². The zero-order valence-electron chi connectivity index (χ0n) is 18.8. The number of ether oxygens (including phenoxy) is 2. The molecule has 1 atom stereocenters.